The lowest BCUT2D eigenvalue weighted by molar-refractivity contribution is -0.275. The fourth-order valence-electron chi connectivity index (χ4n) is 4.63. The van der Waals surface area contributed by atoms with Crippen LogP contribution in [0.1, 0.15) is 48.4 Å². The molecular weight excluding hydrogens is 549 g/mol. The topological polar surface area (TPSA) is 18.5 Å². The Labute approximate surface area is 233 Å². The lowest BCUT2D eigenvalue weighted by Gasteiger charge is -2.12. The van der Waals surface area contributed by atoms with E-state index >= 15 is 4.39 Å². The number of alkyl halides is 3. The summed E-state index contributed by atoms with van der Waals surface area (Å²) in [4.78, 5) is 0. The van der Waals surface area contributed by atoms with E-state index in [1.54, 1.807) is 30.3 Å². The van der Waals surface area contributed by atoms with Crippen molar-refractivity contribution in [2.75, 3.05) is 6.61 Å². The van der Waals surface area contributed by atoms with Crippen molar-refractivity contribution >= 4 is 10.8 Å². The van der Waals surface area contributed by atoms with E-state index in [4.69, 9.17) is 4.74 Å². The maximum atomic E-state index is 15.2. The van der Waals surface area contributed by atoms with Crippen LogP contribution in [0.3, 0.4) is 0 Å². The van der Waals surface area contributed by atoms with Gasteiger partial charge in [-0.2, -0.15) is 0 Å². The molecule has 0 aliphatic rings. The fourth-order valence-corrected chi connectivity index (χ4v) is 4.63. The average molecular weight is 579 g/mol. The Morgan fingerprint density at radius 1 is 0.683 bits per heavy atom. The number of rotatable bonds is 12. The van der Waals surface area contributed by atoms with Crippen molar-refractivity contribution in [3.63, 3.8) is 0 Å². The third-order valence-corrected chi connectivity index (χ3v) is 6.80. The standard InChI is InChI=1S/C32H29F7O2/c1-2-3-4-15-40-24-18-27(33)26(28(34)19-24)13-7-20-6-12-25-23(16-20)11-10-22(31(25)36)9-5-21-8-14-30(29(35)17-21)41-32(37,38)39/h6,8,10-12,14,16-19H,2-5,7,9,13,15H2,1H3. The van der Waals surface area contributed by atoms with E-state index < -0.39 is 35.4 Å². The van der Waals surface area contributed by atoms with Crippen LogP contribution in [0, 0.1) is 23.3 Å². The molecular formula is C32H29F7O2. The van der Waals surface area contributed by atoms with Gasteiger partial charge in [0.15, 0.2) is 11.6 Å². The highest BCUT2D eigenvalue weighted by Crippen LogP contribution is 2.28. The highest BCUT2D eigenvalue weighted by molar-refractivity contribution is 5.84. The number of fused-ring (bicyclic) bond motifs is 1. The molecule has 0 aliphatic carbocycles. The van der Waals surface area contributed by atoms with Gasteiger partial charge in [-0.1, -0.05) is 56.2 Å². The summed E-state index contributed by atoms with van der Waals surface area (Å²) in [5.74, 6) is -3.72. The second-order valence-corrected chi connectivity index (χ2v) is 9.83. The summed E-state index contributed by atoms with van der Waals surface area (Å²) >= 11 is 0. The Kier molecular flexibility index (Phi) is 9.78. The second kappa shape index (κ2) is 13.3. The first-order valence-electron chi connectivity index (χ1n) is 13.4. The summed E-state index contributed by atoms with van der Waals surface area (Å²) in [7, 11) is 0. The van der Waals surface area contributed by atoms with Crippen molar-refractivity contribution in [3.05, 3.63) is 106 Å². The van der Waals surface area contributed by atoms with Crippen molar-refractivity contribution in [1.29, 1.82) is 0 Å². The van der Waals surface area contributed by atoms with Crippen LogP contribution >= 0.6 is 0 Å². The minimum Gasteiger partial charge on any atom is -0.493 e. The fraction of sp³-hybridized carbons (Fsp3) is 0.312. The van der Waals surface area contributed by atoms with Crippen LogP contribution in [0.5, 0.6) is 11.5 Å². The summed E-state index contributed by atoms with van der Waals surface area (Å²) in [5, 5.41) is 0.966. The molecule has 4 rings (SSSR count). The van der Waals surface area contributed by atoms with E-state index in [2.05, 4.69) is 11.7 Å². The van der Waals surface area contributed by atoms with Crippen molar-refractivity contribution in [3.8, 4) is 11.5 Å². The van der Waals surface area contributed by atoms with Crippen LogP contribution in [-0.2, 0) is 25.7 Å². The Morgan fingerprint density at radius 2 is 1.37 bits per heavy atom. The number of benzene rings is 4. The summed E-state index contributed by atoms with van der Waals surface area (Å²) in [6, 6.07) is 13.9. The Hall–Kier alpha value is -3.75. The number of halogens is 7. The zero-order valence-electron chi connectivity index (χ0n) is 22.4. The zero-order valence-corrected chi connectivity index (χ0v) is 22.4. The van der Waals surface area contributed by atoms with E-state index in [9.17, 15) is 26.3 Å². The molecule has 0 spiro atoms. The molecule has 0 bridgehead atoms. The first kappa shape index (κ1) is 30.2. The predicted octanol–water partition coefficient (Wildman–Crippen LogP) is 9.43. The summed E-state index contributed by atoms with van der Waals surface area (Å²) in [6.45, 7) is 2.45. The predicted molar refractivity (Wildman–Crippen MR) is 143 cm³/mol. The van der Waals surface area contributed by atoms with Gasteiger partial charge >= 0.3 is 6.36 Å². The molecule has 0 amide bonds. The first-order chi connectivity index (χ1) is 19.5. The van der Waals surface area contributed by atoms with Crippen molar-refractivity contribution < 1.29 is 40.2 Å². The molecule has 0 fully saturated rings. The van der Waals surface area contributed by atoms with Gasteiger partial charge in [0.1, 0.15) is 23.2 Å². The zero-order chi connectivity index (χ0) is 29.6. The number of unbranched alkanes of at least 4 members (excludes halogenated alkanes) is 2. The summed E-state index contributed by atoms with van der Waals surface area (Å²) in [5.41, 5.74) is 1.49. The van der Waals surface area contributed by atoms with Crippen LogP contribution in [0.2, 0.25) is 0 Å². The normalized spacial score (nSPS) is 11.7. The lowest BCUT2D eigenvalue weighted by Crippen LogP contribution is -2.18. The van der Waals surface area contributed by atoms with Gasteiger partial charge in [0.2, 0.25) is 0 Å². The maximum Gasteiger partial charge on any atom is 0.573 e. The molecule has 0 atom stereocenters. The third-order valence-electron chi connectivity index (χ3n) is 6.80. The molecule has 41 heavy (non-hydrogen) atoms. The minimum atomic E-state index is -5.00. The quantitative estimate of drug-likeness (QED) is 0.123. The monoisotopic (exact) mass is 578 g/mol. The van der Waals surface area contributed by atoms with E-state index in [1.165, 1.54) is 18.2 Å². The van der Waals surface area contributed by atoms with Crippen LogP contribution in [-0.4, -0.2) is 13.0 Å². The SMILES string of the molecule is CCCCCOc1cc(F)c(CCc2ccc3c(F)c(CCc4ccc(OC(F)(F)F)c(F)c4)ccc3c2)c(F)c1. The van der Waals surface area contributed by atoms with Crippen LogP contribution < -0.4 is 9.47 Å². The van der Waals surface area contributed by atoms with Gasteiger partial charge in [0.05, 0.1) is 6.61 Å². The summed E-state index contributed by atoms with van der Waals surface area (Å²) < 4.78 is 105. The van der Waals surface area contributed by atoms with Crippen LogP contribution in [0.4, 0.5) is 30.7 Å². The number of ether oxygens (including phenoxy) is 2. The molecule has 0 aromatic heterocycles. The van der Waals surface area contributed by atoms with E-state index in [-0.39, 0.29) is 30.6 Å². The van der Waals surface area contributed by atoms with Crippen molar-refractivity contribution in [1.82, 2.24) is 0 Å². The minimum absolute atomic E-state index is 0.0398. The molecule has 0 saturated carbocycles. The smallest absolute Gasteiger partial charge is 0.493 e. The average Bonchev–Trinajstić information content (AvgIpc) is 2.91. The first-order valence-corrected chi connectivity index (χ1v) is 13.4. The molecule has 218 valence electrons. The van der Waals surface area contributed by atoms with Gasteiger partial charge in [0, 0.05) is 23.1 Å². The van der Waals surface area contributed by atoms with Crippen molar-refractivity contribution in [2.24, 2.45) is 0 Å². The lowest BCUT2D eigenvalue weighted by atomic mass is 9.97. The Balaban J connectivity index is 1.39. The molecule has 0 N–H and O–H groups in total. The molecule has 0 unspecified atom stereocenters. The van der Waals surface area contributed by atoms with Crippen LogP contribution in [0.25, 0.3) is 10.8 Å². The van der Waals surface area contributed by atoms with Gasteiger partial charge in [-0.15, -0.1) is 13.2 Å². The van der Waals surface area contributed by atoms with E-state index in [0.29, 0.717) is 34.9 Å². The Morgan fingerprint density at radius 3 is 2.05 bits per heavy atom. The molecule has 9 heteroatoms. The van der Waals surface area contributed by atoms with Gasteiger partial charge in [-0.05, 0) is 66.3 Å². The Bertz CT molecular complexity index is 1470. The summed E-state index contributed by atoms with van der Waals surface area (Å²) in [6.07, 6.45) is -1.36. The van der Waals surface area contributed by atoms with Crippen molar-refractivity contribution in [2.45, 2.75) is 58.2 Å². The van der Waals surface area contributed by atoms with Crippen LogP contribution in [0.15, 0.2) is 60.7 Å². The van der Waals surface area contributed by atoms with Gasteiger partial charge < -0.3 is 9.47 Å². The van der Waals surface area contributed by atoms with Gasteiger partial charge in [-0.25, -0.2) is 17.6 Å². The largest absolute Gasteiger partial charge is 0.573 e. The number of hydrogen-bond donors (Lipinski definition) is 0. The molecule has 0 saturated heterocycles. The molecule has 0 aliphatic heterocycles. The highest BCUT2D eigenvalue weighted by atomic mass is 19.4. The molecule has 2 nitrogen and oxygen atoms in total. The molecule has 4 aromatic rings. The second-order valence-electron chi connectivity index (χ2n) is 9.83. The highest BCUT2D eigenvalue weighted by Gasteiger charge is 2.32. The van der Waals surface area contributed by atoms with E-state index in [1.807, 2.05) is 0 Å². The number of hydrogen-bond acceptors (Lipinski definition) is 2. The third kappa shape index (κ3) is 8.15. The molecule has 0 heterocycles. The van der Waals surface area contributed by atoms with Gasteiger partial charge in [0.25, 0.3) is 0 Å². The number of aryl methyl sites for hydroxylation is 3. The maximum absolute atomic E-state index is 15.2. The molecule has 4 aromatic carbocycles. The van der Waals surface area contributed by atoms with Gasteiger partial charge in [-0.3, -0.25) is 0 Å². The molecule has 0 radical (unpaired) electrons. The van der Waals surface area contributed by atoms with E-state index in [0.717, 1.165) is 37.0 Å².